The molecule has 2 saturated heterocycles. The Bertz CT molecular complexity index is 709. The third-order valence-corrected chi connectivity index (χ3v) is 6.38. The summed E-state index contributed by atoms with van der Waals surface area (Å²) in [7, 11) is 1.92. The van der Waals surface area contributed by atoms with E-state index in [-0.39, 0.29) is 24.2 Å². The summed E-state index contributed by atoms with van der Waals surface area (Å²) in [4.78, 5) is 29.4. The van der Waals surface area contributed by atoms with Crippen molar-refractivity contribution in [3.63, 3.8) is 0 Å². The van der Waals surface area contributed by atoms with Crippen LogP contribution in [-0.4, -0.2) is 60.9 Å². The third kappa shape index (κ3) is 3.99. The van der Waals surface area contributed by atoms with Crippen LogP contribution in [0.3, 0.4) is 0 Å². The van der Waals surface area contributed by atoms with E-state index >= 15 is 0 Å². The second-order valence-electron chi connectivity index (χ2n) is 7.93. The van der Waals surface area contributed by atoms with Gasteiger partial charge in [-0.3, -0.25) is 9.59 Å². The Morgan fingerprint density at radius 3 is 2.81 bits per heavy atom. The quantitative estimate of drug-likeness (QED) is 0.856. The summed E-state index contributed by atoms with van der Waals surface area (Å²) >= 11 is 0. The number of nitrogens with one attached hydrogen (secondary N) is 1. The number of carbonyl (C=O) groups is 2. The molecule has 1 aromatic rings. The van der Waals surface area contributed by atoms with Gasteiger partial charge in [0, 0.05) is 44.2 Å². The van der Waals surface area contributed by atoms with Gasteiger partial charge in [-0.2, -0.15) is 0 Å². The van der Waals surface area contributed by atoms with Gasteiger partial charge in [0.05, 0.1) is 0 Å². The molecule has 2 atom stereocenters. The smallest absolute Gasteiger partial charge is 0.253 e. The first-order valence-electron chi connectivity index (χ1n) is 10.0. The van der Waals surface area contributed by atoms with Crippen molar-refractivity contribution in [3.05, 3.63) is 34.9 Å². The monoisotopic (exact) mass is 391 g/mol. The largest absolute Gasteiger partial charge is 0.338 e. The summed E-state index contributed by atoms with van der Waals surface area (Å²) in [5.41, 5.74) is 3.60. The topological polar surface area (TPSA) is 52.7 Å². The fourth-order valence-corrected chi connectivity index (χ4v) is 4.95. The number of halogens is 1. The lowest BCUT2D eigenvalue weighted by Crippen LogP contribution is -2.57. The van der Waals surface area contributed by atoms with Crippen LogP contribution in [0.5, 0.6) is 0 Å². The summed E-state index contributed by atoms with van der Waals surface area (Å²) in [5, 5.41) is 3.14. The summed E-state index contributed by atoms with van der Waals surface area (Å²) < 4.78 is 0. The molecule has 1 aliphatic carbocycles. The van der Waals surface area contributed by atoms with Crippen molar-refractivity contribution in [1.29, 1.82) is 0 Å². The lowest BCUT2D eigenvalue weighted by Gasteiger charge is -2.47. The molecule has 0 unspecified atom stereocenters. The molecule has 5 nitrogen and oxygen atoms in total. The van der Waals surface area contributed by atoms with E-state index in [0.29, 0.717) is 18.4 Å². The number of aryl methyl sites for hydroxylation is 2. The Morgan fingerprint density at radius 2 is 2.00 bits per heavy atom. The second kappa shape index (κ2) is 8.61. The Kier molecular flexibility index (Phi) is 6.43. The molecule has 0 spiro atoms. The highest BCUT2D eigenvalue weighted by atomic mass is 35.5. The van der Waals surface area contributed by atoms with E-state index < -0.39 is 0 Å². The van der Waals surface area contributed by atoms with Gasteiger partial charge in [0.2, 0.25) is 5.91 Å². The molecule has 0 bridgehead atoms. The van der Waals surface area contributed by atoms with Crippen LogP contribution in [0.15, 0.2) is 18.2 Å². The van der Waals surface area contributed by atoms with Gasteiger partial charge in [0.1, 0.15) is 0 Å². The Hall–Kier alpha value is -1.59. The Morgan fingerprint density at radius 1 is 1.19 bits per heavy atom. The number of amides is 2. The van der Waals surface area contributed by atoms with Gasteiger partial charge in [-0.25, -0.2) is 0 Å². The number of hydrogen-bond acceptors (Lipinski definition) is 3. The van der Waals surface area contributed by atoms with E-state index in [1.54, 1.807) is 0 Å². The fourth-order valence-electron chi connectivity index (χ4n) is 4.95. The Balaban J connectivity index is 0.00000210. The van der Waals surface area contributed by atoms with Gasteiger partial charge < -0.3 is 15.1 Å². The van der Waals surface area contributed by atoms with Gasteiger partial charge in [-0.1, -0.05) is 6.07 Å². The number of rotatable bonds is 4. The number of piperidine rings is 2. The molecule has 27 heavy (non-hydrogen) atoms. The molecule has 2 heterocycles. The predicted molar refractivity (Wildman–Crippen MR) is 108 cm³/mol. The molecule has 6 heteroatoms. The molecular weight excluding hydrogens is 362 g/mol. The number of likely N-dealkylation sites (tertiary alicyclic amines) is 2. The molecule has 1 aromatic carbocycles. The number of fused-ring (bicyclic) bond motifs is 2. The third-order valence-electron chi connectivity index (χ3n) is 6.38. The highest BCUT2D eigenvalue weighted by Gasteiger charge is 2.40. The molecule has 148 valence electrons. The number of hydrogen-bond donors (Lipinski definition) is 1. The number of benzene rings is 1. The maximum Gasteiger partial charge on any atom is 0.253 e. The normalized spacial score (nSPS) is 24.3. The molecule has 0 aromatic heterocycles. The number of nitrogens with zero attached hydrogens (tertiary/aromatic N) is 2. The van der Waals surface area contributed by atoms with Gasteiger partial charge in [0.15, 0.2) is 0 Å². The standard InChI is InChI=1S/C21H29N3O2.ClH/c1-22-10-12-24-19-9-11-23(14-18(19)7-8-20(24)25)21(26)17-6-5-15-3-2-4-16(15)13-17;/h5-6,13,18-19,22H,2-4,7-12,14H2,1H3;1H/t18-,19+;/m0./s1. The average Bonchev–Trinajstić information content (AvgIpc) is 3.14. The SMILES string of the molecule is CNCCN1C(=O)CC[C@H]2CN(C(=O)c3ccc4c(c3)CCC4)CC[C@H]21.Cl. The van der Waals surface area contributed by atoms with Crippen molar-refractivity contribution in [1.82, 2.24) is 15.1 Å². The summed E-state index contributed by atoms with van der Waals surface area (Å²) in [5.74, 6) is 0.855. The van der Waals surface area contributed by atoms with Gasteiger partial charge in [-0.15, -0.1) is 12.4 Å². The molecule has 0 radical (unpaired) electrons. The van der Waals surface area contributed by atoms with Crippen LogP contribution in [-0.2, 0) is 17.6 Å². The molecule has 2 aliphatic heterocycles. The highest BCUT2D eigenvalue weighted by Crippen LogP contribution is 2.32. The Labute approximate surface area is 167 Å². The number of carbonyl (C=O) groups excluding carboxylic acids is 2. The van der Waals surface area contributed by atoms with Gasteiger partial charge in [0.25, 0.3) is 5.91 Å². The molecule has 1 N–H and O–H groups in total. The minimum absolute atomic E-state index is 0. The first-order valence-corrected chi connectivity index (χ1v) is 10.0. The fraction of sp³-hybridized carbons (Fsp3) is 0.619. The van der Waals surface area contributed by atoms with E-state index in [9.17, 15) is 9.59 Å². The van der Waals surface area contributed by atoms with E-state index in [2.05, 4.69) is 22.3 Å². The van der Waals surface area contributed by atoms with Crippen LogP contribution in [0.25, 0.3) is 0 Å². The maximum absolute atomic E-state index is 13.0. The summed E-state index contributed by atoms with van der Waals surface area (Å²) in [6, 6.07) is 6.55. The van der Waals surface area contributed by atoms with Crippen LogP contribution in [0.4, 0.5) is 0 Å². The first kappa shape index (κ1) is 20.2. The molecule has 2 fully saturated rings. The first-order chi connectivity index (χ1) is 12.7. The van der Waals surface area contributed by atoms with Crippen molar-refractivity contribution in [3.8, 4) is 0 Å². The maximum atomic E-state index is 13.0. The van der Waals surface area contributed by atoms with Crippen molar-refractivity contribution < 1.29 is 9.59 Å². The highest BCUT2D eigenvalue weighted by molar-refractivity contribution is 5.94. The van der Waals surface area contributed by atoms with Crippen LogP contribution < -0.4 is 5.32 Å². The van der Waals surface area contributed by atoms with Crippen LogP contribution in [0, 0.1) is 5.92 Å². The molecule has 4 rings (SSSR count). The minimum atomic E-state index is 0. The summed E-state index contributed by atoms with van der Waals surface area (Å²) in [6.45, 7) is 3.13. The number of likely N-dealkylation sites (N-methyl/N-ethyl adjacent to an activating group) is 1. The second-order valence-corrected chi connectivity index (χ2v) is 7.93. The summed E-state index contributed by atoms with van der Waals surface area (Å²) in [6.07, 6.45) is 5.88. The van der Waals surface area contributed by atoms with E-state index in [0.717, 1.165) is 57.4 Å². The zero-order valence-electron chi connectivity index (χ0n) is 16.1. The van der Waals surface area contributed by atoms with E-state index in [1.165, 1.54) is 17.5 Å². The van der Waals surface area contributed by atoms with Crippen molar-refractivity contribution >= 4 is 24.2 Å². The lowest BCUT2D eigenvalue weighted by atomic mass is 9.83. The van der Waals surface area contributed by atoms with Crippen LogP contribution in [0.2, 0.25) is 0 Å². The zero-order valence-corrected chi connectivity index (χ0v) is 16.9. The lowest BCUT2D eigenvalue weighted by molar-refractivity contribution is -0.140. The van der Waals surface area contributed by atoms with Gasteiger partial charge in [-0.05, 0) is 68.3 Å². The molecular formula is C21H30ClN3O2. The molecule has 0 saturated carbocycles. The van der Waals surface area contributed by atoms with Crippen molar-refractivity contribution in [2.45, 2.75) is 44.6 Å². The van der Waals surface area contributed by atoms with Crippen LogP contribution in [0.1, 0.15) is 47.2 Å². The van der Waals surface area contributed by atoms with E-state index in [4.69, 9.17) is 0 Å². The van der Waals surface area contributed by atoms with Crippen LogP contribution >= 0.6 is 12.4 Å². The zero-order chi connectivity index (χ0) is 18.1. The van der Waals surface area contributed by atoms with Crippen molar-refractivity contribution in [2.75, 3.05) is 33.2 Å². The van der Waals surface area contributed by atoms with Gasteiger partial charge >= 0.3 is 0 Å². The molecule has 2 amide bonds. The minimum Gasteiger partial charge on any atom is -0.338 e. The predicted octanol–water partition coefficient (Wildman–Crippen LogP) is 2.27. The van der Waals surface area contributed by atoms with Crippen molar-refractivity contribution in [2.24, 2.45) is 5.92 Å². The molecule has 3 aliphatic rings. The average molecular weight is 392 g/mol. The van der Waals surface area contributed by atoms with E-state index in [1.807, 2.05) is 18.0 Å².